The molecule has 3 N–H and O–H groups in total. The van der Waals surface area contributed by atoms with Crippen LogP contribution in [0, 0.1) is 0 Å². The van der Waals surface area contributed by atoms with Crippen LogP contribution in [0.25, 0.3) is 11.2 Å². The summed E-state index contributed by atoms with van der Waals surface area (Å²) >= 11 is 13.8. The van der Waals surface area contributed by atoms with Gasteiger partial charge in [0.15, 0.2) is 17.0 Å². The van der Waals surface area contributed by atoms with Gasteiger partial charge in [0.2, 0.25) is 5.28 Å². The Labute approximate surface area is 175 Å². The van der Waals surface area contributed by atoms with Crippen LogP contribution >= 0.6 is 35.0 Å². The summed E-state index contributed by atoms with van der Waals surface area (Å²) in [6.45, 7) is 0. The molecule has 0 radical (unpaired) electrons. The van der Waals surface area contributed by atoms with Gasteiger partial charge < -0.3 is 15.5 Å². The minimum atomic E-state index is -0.890. The van der Waals surface area contributed by atoms with Crippen LogP contribution in [0.3, 0.4) is 0 Å². The van der Waals surface area contributed by atoms with E-state index < -0.39 is 12.2 Å². The first-order chi connectivity index (χ1) is 13.5. The van der Waals surface area contributed by atoms with Gasteiger partial charge in [-0.15, -0.1) is 11.8 Å². The lowest BCUT2D eigenvalue weighted by Crippen LogP contribution is -2.27. The van der Waals surface area contributed by atoms with Crippen LogP contribution < -0.4 is 5.32 Å². The highest BCUT2D eigenvalue weighted by atomic mass is 35.5. The predicted molar refractivity (Wildman–Crippen MR) is 110 cm³/mol. The average Bonchev–Trinajstić information content (AvgIpc) is 3.34. The molecule has 5 rings (SSSR count). The smallest absolute Gasteiger partial charge is 0.226 e. The van der Waals surface area contributed by atoms with E-state index in [1.54, 1.807) is 10.9 Å². The Morgan fingerprint density at radius 1 is 1.21 bits per heavy atom. The van der Waals surface area contributed by atoms with Gasteiger partial charge in [-0.1, -0.05) is 17.7 Å². The van der Waals surface area contributed by atoms with Gasteiger partial charge in [-0.3, -0.25) is 4.57 Å². The highest BCUT2D eigenvalue weighted by molar-refractivity contribution is 7.99. The molecule has 2 aromatic heterocycles. The molecule has 2 aliphatic rings. The van der Waals surface area contributed by atoms with Gasteiger partial charge in [0.1, 0.15) is 11.5 Å². The number of nitrogens with zero attached hydrogens (tertiary/aromatic N) is 4. The second kappa shape index (κ2) is 7.03. The Hall–Kier alpha value is -1.58. The first kappa shape index (κ1) is 18.4. The number of aliphatic hydroxyl groups is 2. The molecule has 0 unspecified atom stereocenters. The molecule has 1 fully saturated rings. The van der Waals surface area contributed by atoms with Crippen molar-refractivity contribution < 1.29 is 10.2 Å². The summed E-state index contributed by atoms with van der Waals surface area (Å²) in [6, 6.07) is 6.01. The van der Waals surface area contributed by atoms with Gasteiger partial charge >= 0.3 is 0 Å². The summed E-state index contributed by atoms with van der Waals surface area (Å²) in [5.41, 5.74) is 3.53. The third kappa shape index (κ3) is 3.04. The van der Waals surface area contributed by atoms with Gasteiger partial charge in [-0.05, 0) is 47.7 Å². The minimum absolute atomic E-state index is 0.0832. The fraction of sp³-hybridized carbons (Fsp3) is 0.389. The van der Waals surface area contributed by atoms with Crippen molar-refractivity contribution in [2.45, 2.75) is 36.5 Å². The number of hydrogen-bond donors (Lipinski definition) is 3. The Kier molecular flexibility index (Phi) is 4.64. The normalized spacial score (nSPS) is 26.7. The van der Waals surface area contributed by atoms with Crippen molar-refractivity contribution in [2.24, 2.45) is 0 Å². The maximum Gasteiger partial charge on any atom is 0.226 e. The lowest BCUT2D eigenvalue weighted by atomic mass is 10.1. The van der Waals surface area contributed by atoms with Crippen LogP contribution in [-0.4, -0.2) is 47.7 Å². The Morgan fingerprint density at radius 2 is 2.07 bits per heavy atom. The van der Waals surface area contributed by atoms with Crippen molar-refractivity contribution in [2.75, 3.05) is 11.1 Å². The molecule has 4 atom stereocenters. The fourth-order valence-electron chi connectivity index (χ4n) is 3.91. The van der Waals surface area contributed by atoms with Crippen molar-refractivity contribution >= 4 is 51.9 Å². The number of anilines is 1. The molecule has 146 valence electrons. The average molecular weight is 438 g/mol. The van der Waals surface area contributed by atoms with Crippen molar-refractivity contribution in [1.82, 2.24) is 19.5 Å². The second-order valence-corrected chi connectivity index (χ2v) is 8.95. The van der Waals surface area contributed by atoms with Crippen molar-refractivity contribution in [3.05, 3.63) is 46.0 Å². The van der Waals surface area contributed by atoms with E-state index in [0.717, 1.165) is 17.9 Å². The predicted octanol–water partition coefficient (Wildman–Crippen LogP) is 3.20. The van der Waals surface area contributed by atoms with Gasteiger partial charge in [-0.25, -0.2) is 4.98 Å². The fourth-order valence-corrected chi connectivity index (χ4v) is 5.55. The largest absolute Gasteiger partial charge is 0.389 e. The Bertz CT molecular complexity index is 1060. The summed E-state index contributed by atoms with van der Waals surface area (Å²) < 4.78 is 1.75. The van der Waals surface area contributed by atoms with Crippen LogP contribution in [0.1, 0.15) is 29.0 Å². The third-order valence-electron chi connectivity index (χ3n) is 5.29. The van der Waals surface area contributed by atoms with Crippen molar-refractivity contribution in [1.29, 1.82) is 0 Å². The molecule has 7 nitrogen and oxygen atoms in total. The zero-order valence-corrected chi connectivity index (χ0v) is 16.9. The number of aryl methyl sites for hydroxylation is 1. The highest BCUT2D eigenvalue weighted by Gasteiger charge is 2.36. The maximum absolute atomic E-state index is 10.3. The molecule has 0 amide bonds. The molecule has 3 heterocycles. The highest BCUT2D eigenvalue weighted by Crippen LogP contribution is 2.40. The quantitative estimate of drug-likeness (QED) is 0.541. The number of hydrogen-bond acceptors (Lipinski definition) is 7. The second-order valence-electron chi connectivity index (χ2n) is 7.03. The number of benzene rings is 1. The summed E-state index contributed by atoms with van der Waals surface area (Å²) in [6.07, 6.45) is 1.81. The number of imidazole rings is 1. The lowest BCUT2D eigenvalue weighted by molar-refractivity contribution is 0.0313. The summed E-state index contributed by atoms with van der Waals surface area (Å²) in [4.78, 5) is 13.1. The monoisotopic (exact) mass is 437 g/mol. The first-order valence-electron chi connectivity index (χ1n) is 8.94. The number of fused-ring (bicyclic) bond motifs is 2. The number of thioether (sulfide) groups is 1. The molecule has 0 bridgehead atoms. The van der Waals surface area contributed by atoms with Gasteiger partial charge in [-0.2, -0.15) is 9.97 Å². The van der Waals surface area contributed by atoms with Gasteiger partial charge in [0.05, 0.1) is 18.5 Å². The molecule has 0 saturated carbocycles. The van der Waals surface area contributed by atoms with E-state index >= 15 is 0 Å². The first-order valence-corrected chi connectivity index (χ1v) is 10.7. The third-order valence-corrected chi connectivity index (χ3v) is 7.07. The van der Waals surface area contributed by atoms with Gasteiger partial charge in [0, 0.05) is 10.8 Å². The van der Waals surface area contributed by atoms with Crippen LogP contribution in [-0.2, 0) is 6.42 Å². The molecule has 3 aromatic rings. The number of nitrogens with one attached hydrogen (secondary N) is 1. The molecular formula is C18H17Cl2N5O2S. The zero-order chi connectivity index (χ0) is 19.4. The van der Waals surface area contributed by atoms with E-state index in [4.69, 9.17) is 23.2 Å². The van der Waals surface area contributed by atoms with Gasteiger partial charge in [0.25, 0.3) is 0 Å². The van der Waals surface area contributed by atoms with E-state index in [-0.39, 0.29) is 16.7 Å². The number of aromatic nitrogens is 4. The molecule has 0 spiro atoms. The molecule has 28 heavy (non-hydrogen) atoms. The standard InChI is InChI=1S/C18H17Cl2N5O2S/c19-9-2-3-10-8(5-9)1-4-11(10)22-15-13-16(24-18(20)23-15)25(7-21-13)17-14(27)12(26)6-28-17/h2-3,5,7,11-12,14,17,26-27H,1,4,6H2,(H,22,23,24)/t11-,12-,14-,17-/m1/s1. The lowest BCUT2D eigenvalue weighted by Gasteiger charge is -2.18. The molecule has 1 aliphatic carbocycles. The van der Waals surface area contributed by atoms with Crippen LogP contribution in [0.2, 0.25) is 10.3 Å². The van der Waals surface area contributed by atoms with Crippen LogP contribution in [0.4, 0.5) is 5.82 Å². The summed E-state index contributed by atoms with van der Waals surface area (Å²) in [5.74, 6) is 1.01. The maximum atomic E-state index is 10.3. The summed E-state index contributed by atoms with van der Waals surface area (Å²) in [5, 5.41) is 24.1. The topological polar surface area (TPSA) is 96.1 Å². The molecule has 10 heteroatoms. The Balaban J connectivity index is 1.51. The molecule has 1 aliphatic heterocycles. The van der Waals surface area contributed by atoms with Crippen LogP contribution in [0.15, 0.2) is 24.5 Å². The molecular weight excluding hydrogens is 421 g/mol. The van der Waals surface area contributed by atoms with E-state index in [9.17, 15) is 10.2 Å². The van der Waals surface area contributed by atoms with E-state index in [2.05, 4.69) is 20.3 Å². The van der Waals surface area contributed by atoms with E-state index in [1.807, 2.05) is 18.2 Å². The van der Waals surface area contributed by atoms with E-state index in [1.165, 1.54) is 22.9 Å². The SMILES string of the molecule is O[C@@H]1[C@H](O)CS[C@H]1n1cnc2c(N[C@@H]3CCc4cc(Cl)ccc43)nc(Cl)nc21. The molecule has 1 saturated heterocycles. The minimum Gasteiger partial charge on any atom is -0.389 e. The number of rotatable bonds is 3. The van der Waals surface area contributed by atoms with Crippen molar-refractivity contribution in [3.63, 3.8) is 0 Å². The summed E-state index contributed by atoms with van der Waals surface area (Å²) in [7, 11) is 0. The van der Waals surface area contributed by atoms with E-state index in [0.29, 0.717) is 22.7 Å². The number of aliphatic hydroxyl groups excluding tert-OH is 2. The number of halogens is 2. The van der Waals surface area contributed by atoms with Crippen LogP contribution in [0.5, 0.6) is 0 Å². The van der Waals surface area contributed by atoms with Crippen molar-refractivity contribution in [3.8, 4) is 0 Å². The Morgan fingerprint density at radius 3 is 2.86 bits per heavy atom. The zero-order valence-electron chi connectivity index (χ0n) is 14.6. The molecule has 1 aromatic carbocycles.